The van der Waals surface area contributed by atoms with Gasteiger partial charge in [-0.3, -0.25) is 5.10 Å². The number of nitrogens with zero attached hydrogens (tertiary/aromatic N) is 2. The fourth-order valence-corrected chi connectivity index (χ4v) is 3.59. The lowest BCUT2D eigenvalue weighted by Crippen LogP contribution is -2.38. The smallest absolute Gasteiger partial charge is 0.246 e. The fraction of sp³-hybridized carbons (Fsp3) is 0.667. The predicted molar refractivity (Wildman–Crippen MR) is 61.0 cm³/mol. The van der Waals surface area contributed by atoms with Crippen LogP contribution >= 0.6 is 11.6 Å². The molecule has 2 rings (SSSR count). The third-order valence-electron chi connectivity index (χ3n) is 2.78. The summed E-state index contributed by atoms with van der Waals surface area (Å²) in [6.45, 7) is 2.68. The molecule has 0 radical (unpaired) electrons. The van der Waals surface area contributed by atoms with E-state index in [1.54, 1.807) is 6.92 Å². The summed E-state index contributed by atoms with van der Waals surface area (Å²) in [5, 5.41) is 6.48. The number of hydrogen-bond donors (Lipinski definition) is 1. The molecule has 16 heavy (non-hydrogen) atoms. The SMILES string of the molecule is Cc1[nH]ncc1S(=O)(=O)N1CCC(Cl)CC1. The molecule has 90 valence electrons. The Kier molecular flexibility index (Phi) is 3.23. The molecular weight excluding hydrogens is 250 g/mol. The number of H-pyrrole nitrogens is 1. The molecule has 0 aliphatic carbocycles. The highest BCUT2D eigenvalue weighted by molar-refractivity contribution is 7.89. The Labute approximate surface area is 99.8 Å². The molecular formula is C9H14ClN3O2S. The summed E-state index contributed by atoms with van der Waals surface area (Å²) in [7, 11) is -3.39. The number of alkyl halides is 1. The van der Waals surface area contributed by atoms with E-state index in [0.29, 0.717) is 31.6 Å². The van der Waals surface area contributed by atoms with Gasteiger partial charge in [-0.25, -0.2) is 8.42 Å². The largest absolute Gasteiger partial charge is 0.281 e. The molecule has 0 amide bonds. The molecule has 1 aliphatic rings. The zero-order valence-corrected chi connectivity index (χ0v) is 10.6. The van der Waals surface area contributed by atoms with E-state index in [-0.39, 0.29) is 10.3 Å². The van der Waals surface area contributed by atoms with Gasteiger partial charge in [-0.2, -0.15) is 9.40 Å². The Bertz CT molecular complexity index is 463. The zero-order chi connectivity index (χ0) is 11.8. The number of aromatic nitrogens is 2. The molecule has 1 aliphatic heterocycles. The first-order valence-electron chi connectivity index (χ1n) is 5.16. The van der Waals surface area contributed by atoms with Crippen LogP contribution in [0.15, 0.2) is 11.1 Å². The topological polar surface area (TPSA) is 66.1 Å². The van der Waals surface area contributed by atoms with Crippen molar-refractivity contribution in [3.63, 3.8) is 0 Å². The quantitative estimate of drug-likeness (QED) is 0.813. The summed E-state index contributed by atoms with van der Waals surface area (Å²) >= 11 is 5.95. The second kappa shape index (κ2) is 4.35. The van der Waals surface area contributed by atoms with Crippen molar-refractivity contribution in [3.8, 4) is 0 Å². The van der Waals surface area contributed by atoms with Crippen molar-refractivity contribution >= 4 is 21.6 Å². The fourth-order valence-electron chi connectivity index (χ4n) is 1.80. The summed E-state index contributed by atoms with van der Waals surface area (Å²) in [6, 6.07) is 0. The van der Waals surface area contributed by atoms with Crippen LogP contribution in [0.25, 0.3) is 0 Å². The number of sulfonamides is 1. The second-order valence-corrected chi connectivity index (χ2v) is 6.46. The van der Waals surface area contributed by atoms with E-state index < -0.39 is 10.0 Å². The first kappa shape index (κ1) is 11.9. The van der Waals surface area contributed by atoms with Gasteiger partial charge >= 0.3 is 0 Å². The Morgan fingerprint density at radius 3 is 2.62 bits per heavy atom. The van der Waals surface area contributed by atoms with Crippen LogP contribution in [0.5, 0.6) is 0 Å². The van der Waals surface area contributed by atoms with Gasteiger partial charge < -0.3 is 0 Å². The van der Waals surface area contributed by atoms with Crippen molar-refractivity contribution in [2.45, 2.75) is 30.0 Å². The summed E-state index contributed by atoms with van der Waals surface area (Å²) in [6.07, 6.45) is 2.77. The van der Waals surface area contributed by atoms with Gasteiger partial charge in [-0.15, -0.1) is 11.6 Å². The molecule has 0 atom stereocenters. The second-order valence-electron chi connectivity index (χ2n) is 3.94. The van der Waals surface area contributed by atoms with Crippen molar-refractivity contribution in [1.29, 1.82) is 0 Å². The highest BCUT2D eigenvalue weighted by Gasteiger charge is 2.30. The Morgan fingerprint density at radius 2 is 2.12 bits per heavy atom. The molecule has 0 spiro atoms. The third-order valence-corrected chi connectivity index (χ3v) is 5.23. The number of aromatic amines is 1. The normalized spacial score (nSPS) is 20.1. The number of aryl methyl sites for hydroxylation is 1. The number of halogens is 1. The van der Waals surface area contributed by atoms with Crippen molar-refractivity contribution in [3.05, 3.63) is 11.9 Å². The van der Waals surface area contributed by atoms with E-state index in [2.05, 4.69) is 10.2 Å². The van der Waals surface area contributed by atoms with E-state index in [0.717, 1.165) is 0 Å². The average molecular weight is 264 g/mol. The molecule has 0 bridgehead atoms. The van der Waals surface area contributed by atoms with Crippen molar-refractivity contribution in [1.82, 2.24) is 14.5 Å². The standard InChI is InChI=1S/C9H14ClN3O2S/c1-7-9(6-11-12-7)16(14,15)13-4-2-8(10)3-5-13/h6,8H,2-5H2,1H3,(H,11,12). The van der Waals surface area contributed by atoms with Crippen LogP contribution < -0.4 is 0 Å². The number of nitrogens with one attached hydrogen (secondary N) is 1. The summed E-state index contributed by atoms with van der Waals surface area (Å²) in [5.41, 5.74) is 0.577. The first-order chi connectivity index (χ1) is 7.51. The minimum Gasteiger partial charge on any atom is -0.281 e. The minimum absolute atomic E-state index is 0.0943. The molecule has 0 aromatic carbocycles. The van der Waals surface area contributed by atoms with Gasteiger partial charge in [-0.1, -0.05) is 0 Å². The Hall–Kier alpha value is -0.590. The molecule has 1 N–H and O–H groups in total. The summed E-state index contributed by atoms with van der Waals surface area (Å²) in [5.74, 6) is 0. The monoisotopic (exact) mass is 263 g/mol. The molecule has 7 heteroatoms. The van der Waals surface area contributed by atoms with Crippen LogP contribution in [0.2, 0.25) is 0 Å². The molecule has 1 aromatic heterocycles. The Morgan fingerprint density at radius 1 is 1.50 bits per heavy atom. The number of rotatable bonds is 2. The maximum atomic E-state index is 12.2. The summed E-state index contributed by atoms with van der Waals surface area (Å²) in [4.78, 5) is 0.264. The summed E-state index contributed by atoms with van der Waals surface area (Å²) < 4.78 is 25.9. The Balaban J connectivity index is 2.23. The van der Waals surface area contributed by atoms with E-state index >= 15 is 0 Å². The highest BCUT2D eigenvalue weighted by atomic mass is 35.5. The molecule has 1 fully saturated rings. The van der Waals surface area contributed by atoms with E-state index in [1.165, 1.54) is 10.5 Å². The lowest BCUT2D eigenvalue weighted by Gasteiger charge is -2.28. The lowest BCUT2D eigenvalue weighted by atomic mass is 10.2. The van der Waals surface area contributed by atoms with E-state index in [4.69, 9.17) is 11.6 Å². The molecule has 0 saturated carbocycles. The van der Waals surface area contributed by atoms with Gasteiger partial charge in [0.2, 0.25) is 10.0 Å². The average Bonchev–Trinajstić information content (AvgIpc) is 2.66. The van der Waals surface area contributed by atoms with Crippen LogP contribution in [0, 0.1) is 6.92 Å². The predicted octanol–water partition coefficient (Wildman–Crippen LogP) is 1.11. The number of piperidine rings is 1. The van der Waals surface area contributed by atoms with Gasteiger partial charge in [0.15, 0.2) is 0 Å². The van der Waals surface area contributed by atoms with Crippen LogP contribution in [0.3, 0.4) is 0 Å². The van der Waals surface area contributed by atoms with Gasteiger partial charge in [-0.05, 0) is 19.8 Å². The molecule has 5 nitrogen and oxygen atoms in total. The van der Waals surface area contributed by atoms with Crippen molar-refractivity contribution < 1.29 is 8.42 Å². The van der Waals surface area contributed by atoms with E-state index in [9.17, 15) is 8.42 Å². The lowest BCUT2D eigenvalue weighted by molar-refractivity contribution is 0.350. The van der Waals surface area contributed by atoms with Gasteiger partial charge in [0.25, 0.3) is 0 Å². The van der Waals surface area contributed by atoms with Crippen LogP contribution in [-0.4, -0.2) is 41.4 Å². The minimum atomic E-state index is -3.39. The van der Waals surface area contributed by atoms with Gasteiger partial charge in [0.1, 0.15) is 4.90 Å². The maximum absolute atomic E-state index is 12.2. The molecule has 0 unspecified atom stereocenters. The van der Waals surface area contributed by atoms with E-state index in [1.807, 2.05) is 0 Å². The van der Waals surface area contributed by atoms with Crippen LogP contribution in [0.4, 0.5) is 0 Å². The van der Waals surface area contributed by atoms with Crippen molar-refractivity contribution in [2.24, 2.45) is 0 Å². The van der Waals surface area contributed by atoms with Crippen LogP contribution in [0.1, 0.15) is 18.5 Å². The zero-order valence-electron chi connectivity index (χ0n) is 8.98. The third kappa shape index (κ3) is 2.09. The highest BCUT2D eigenvalue weighted by Crippen LogP contribution is 2.23. The molecule has 1 saturated heterocycles. The molecule has 1 aromatic rings. The number of hydrogen-bond acceptors (Lipinski definition) is 3. The molecule has 2 heterocycles. The van der Waals surface area contributed by atoms with Crippen molar-refractivity contribution in [2.75, 3.05) is 13.1 Å². The maximum Gasteiger partial charge on any atom is 0.246 e. The van der Waals surface area contributed by atoms with Gasteiger partial charge in [0.05, 0.1) is 11.9 Å². The van der Waals surface area contributed by atoms with Crippen LogP contribution in [-0.2, 0) is 10.0 Å². The van der Waals surface area contributed by atoms with Gasteiger partial charge in [0, 0.05) is 18.5 Å². The first-order valence-corrected chi connectivity index (χ1v) is 7.03.